The van der Waals surface area contributed by atoms with Crippen molar-refractivity contribution in [2.45, 2.75) is 18.9 Å². The minimum atomic E-state index is -0.157. The van der Waals surface area contributed by atoms with Gasteiger partial charge in [0.1, 0.15) is 10.9 Å². The summed E-state index contributed by atoms with van der Waals surface area (Å²) in [6.07, 6.45) is 3.95. The molecule has 120 valence electrons. The summed E-state index contributed by atoms with van der Waals surface area (Å²) < 4.78 is 5.68. The van der Waals surface area contributed by atoms with Crippen molar-refractivity contribution in [1.82, 2.24) is 15.2 Å². The van der Waals surface area contributed by atoms with Crippen LogP contribution in [0.25, 0.3) is 11.3 Å². The van der Waals surface area contributed by atoms with Crippen LogP contribution < -0.4 is 5.32 Å². The third kappa shape index (κ3) is 2.86. The summed E-state index contributed by atoms with van der Waals surface area (Å²) in [5, 5.41) is 3.49. The Kier molecular flexibility index (Phi) is 3.83. The van der Waals surface area contributed by atoms with E-state index in [2.05, 4.69) is 15.2 Å². The lowest BCUT2D eigenvalue weighted by atomic mass is 9.84. The molecule has 0 aliphatic carbocycles. The van der Waals surface area contributed by atoms with E-state index < -0.39 is 0 Å². The van der Waals surface area contributed by atoms with Crippen molar-refractivity contribution in [2.75, 3.05) is 19.6 Å². The van der Waals surface area contributed by atoms with Gasteiger partial charge in [0.15, 0.2) is 5.76 Å². The van der Waals surface area contributed by atoms with Gasteiger partial charge in [-0.3, -0.25) is 4.79 Å². The SMILES string of the molecule is O=C(N[C@H]1CN2CCC1CC2)c1ccc(-c2cccnc2Cl)o1. The number of fused-ring (bicyclic) bond motifs is 3. The summed E-state index contributed by atoms with van der Waals surface area (Å²) in [6, 6.07) is 7.28. The summed E-state index contributed by atoms with van der Waals surface area (Å²) in [5.41, 5.74) is 0.691. The number of carbonyl (C=O) groups excluding carboxylic acids is 1. The topological polar surface area (TPSA) is 58.4 Å². The number of aromatic nitrogens is 1. The van der Waals surface area contributed by atoms with E-state index in [1.165, 1.54) is 12.8 Å². The fourth-order valence-corrected chi connectivity index (χ4v) is 3.76. The first-order valence-electron chi connectivity index (χ1n) is 7.94. The Balaban J connectivity index is 1.48. The number of piperidine rings is 3. The average Bonchev–Trinajstić information content (AvgIpc) is 3.06. The van der Waals surface area contributed by atoms with Crippen LogP contribution in [-0.2, 0) is 0 Å². The minimum absolute atomic E-state index is 0.157. The highest BCUT2D eigenvalue weighted by Crippen LogP contribution is 2.29. The van der Waals surface area contributed by atoms with Crippen LogP contribution >= 0.6 is 11.6 Å². The molecule has 2 aromatic heterocycles. The molecule has 0 spiro atoms. The Bertz CT molecular complexity index is 722. The molecule has 5 nitrogen and oxygen atoms in total. The average molecular weight is 332 g/mol. The van der Waals surface area contributed by atoms with E-state index in [4.69, 9.17) is 16.0 Å². The number of pyridine rings is 1. The van der Waals surface area contributed by atoms with Crippen molar-refractivity contribution in [3.05, 3.63) is 41.4 Å². The maximum atomic E-state index is 12.4. The van der Waals surface area contributed by atoms with Crippen molar-refractivity contribution in [1.29, 1.82) is 0 Å². The first-order chi connectivity index (χ1) is 11.2. The molecule has 2 aromatic rings. The van der Waals surface area contributed by atoms with Crippen LogP contribution in [0, 0.1) is 5.92 Å². The van der Waals surface area contributed by atoms with Gasteiger partial charge in [-0.2, -0.15) is 0 Å². The quantitative estimate of drug-likeness (QED) is 0.879. The molecule has 23 heavy (non-hydrogen) atoms. The molecule has 1 atom stereocenters. The first-order valence-corrected chi connectivity index (χ1v) is 8.32. The number of hydrogen-bond acceptors (Lipinski definition) is 4. The molecule has 6 heteroatoms. The van der Waals surface area contributed by atoms with Crippen LogP contribution in [0.15, 0.2) is 34.9 Å². The molecule has 0 radical (unpaired) electrons. The molecule has 3 aliphatic rings. The minimum Gasteiger partial charge on any atom is -0.451 e. The van der Waals surface area contributed by atoms with Crippen LogP contribution in [0.3, 0.4) is 0 Å². The number of amides is 1. The Morgan fingerprint density at radius 2 is 2.13 bits per heavy atom. The number of nitrogens with zero attached hydrogens (tertiary/aromatic N) is 2. The third-order valence-corrected chi connectivity index (χ3v) is 5.13. The lowest BCUT2D eigenvalue weighted by Gasteiger charge is -2.44. The van der Waals surface area contributed by atoms with E-state index in [1.54, 1.807) is 24.4 Å². The molecule has 3 fully saturated rings. The van der Waals surface area contributed by atoms with Gasteiger partial charge in [-0.1, -0.05) is 11.6 Å². The number of carbonyl (C=O) groups is 1. The Morgan fingerprint density at radius 1 is 1.30 bits per heavy atom. The molecule has 1 amide bonds. The van der Waals surface area contributed by atoms with Crippen molar-refractivity contribution >= 4 is 17.5 Å². The zero-order valence-electron chi connectivity index (χ0n) is 12.7. The number of rotatable bonds is 3. The number of hydrogen-bond donors (Lipinski definition) is 1. The highest BCUT2D eigenvalue weighted by molar-refractivity contribution is 6.31. The van der Waals surface area contributed by atoms with Crippen LogP contribution in [-0.4, -0.2) is 41.5 Å². The number of halogens is 1. The highest BCUT2D eigenvalue weighted by atomic mass is 35.5. The van der Waals surface area contributed by atoms with Gasteiger partial charge in [0.25, 0.3) is 5.91 Å². The molecule has 3 saturated heterocycles. The summed E-state index contributed by atoms with van der Waals surface area (Å²) in [7, 11) is 0. The molecule has 0 unspecified atom stereocenters. The molecule has 1 N–H and O–H groups in total. The molecule has 0 saturated carbocycles. The predicted octanol–water partition coefficient (Wildman–Crippen LogP) is 2.82. The van der Waals surface area contributed by atoms with E-state index in [0.717, 1.165) is 19.6 Å². The van der Waals surface area contributed by atoms with Crippen molar-refractivity contribution < 1.29 is 9.21 Å². The van der Waals surface area contributed by atoms with E-state index in [0.29, 0.717) is 28.2 Å². The van der Waals surface area contributed by atoms with Gasteiger partial charge >= 0.3 is 0 Å². The first kappa shape index (κ1) is 14.7. The Labute approximate surface area is 139 Å². The van der Waals surface area contributed by atoms with Crippen LogP contribution in [0.2, 0.25) is 5.15 Å². The molecular formula is C17H18ClN3O2. The second-order valence-electron chi connectivity index (χ2n) is 6.22. The maximum Gasteiger partial charge on any atom is 0.287 e. The monoisotopic (exact) mass is 331 g/mol. The van der Waals surface area contributed by atoms with Gasteiger partial charge < -0.3 is 14.6 Å². The van der Waals surface area contributed by atoms with Gasteiger partial charge in [-0.15, -0.1) is 0 Å². The van der Waals surface area contributed by atoms with Gasteiger partial charge in [0.2, 0.25) is 0 Å². The lowest BCUT2D eigenvalue weighted by molar-refractivity contribution is 0.0606. The van der Waals surface area contributed by atoms with E-state index >= 15 is 0 Å². The fraction of sp³-hybridized carbons (Fsp3) is 0.412. The zero-order valence-corrected chi connectivity index (χ0v) is 13.4. The van der Waals surface area contributed by atoms with E-state index in [1.807, 2.05) is 6.07 Å². The molecule has 0 aromatic carbocycles. The lowest BCUT2D eigenvalue weighted by Crippen LogP contribution is -2.57. The second-order valence-corrected chi connectivity index (χ2v) is 6.58. The molecule has 2 bridgehead atoms. The molecular weight excluding hydrogens is 314 g/mol. The molecule has 5 rings (SSSR count). The van der Waals surface area contributed by atoms with Gasteiger partial charge in [0.05, 0.1) is 5.56 Å². The summed E-state index contributed by atoms with van der Waals surface area (Å²) in [6.45, 7) is 3.25. The largest absolute Gasteiger partial charge is 0.451 e. The van der Waals surface area contributed by atoms with Crippen LogP contribution in [0.5, 0.6) is 0 Å². The third-order valence-electron chi connectivity index (χ3n) is 4.83. The highest BCUT2D eigenvalue weighted by Gasteiger charge is 2.35. The fourth-order valence-electron chi connectivity index (χ4n) is 3.54. The van der Waals surface area contributed by atoms with Gasteiger partial charge in [0, 0.05) is 18.8 Å². The number of nitrogens with one attached hydrogen (secondary N) is 1. The Hall–Kier alpha value is -1.85. The van der Waals surface area contributed by atoms with Crippen molar-refractivity contribution in [3.8, 4) is 11.3 Å². The van der Waals surface area contributed by atoms with E-state index in [-0.39, 0.29) is 11.9 Å². The standard InChI is InChI=1S/C17H18ClN3O2/c18-16-12(2-1-7-19-16)14-3-4-15(23-14)17(22)20-13-10-21-8-5-11(13)6-9-21/h1-4,7,11,13H,5-6,8-10H2,(H,20,22)/t13-/m0/s1. The summed E-state index contributed by atoms with van der Waals surface area (Å²) >= 11 is 6.07. The van der Waals surface area contributed by atoms with Crippen molar-refractivity contribution in [3.63, 3.8) is 0 Å². The van der Waals surface area contributed by atoms with E-state index in [9.17, 15) is 4.79 Å². The van der Waals surface area contributed by atoms with Crippen LogP contribution in [0.1, 0.15) is 23.4 Å². The van der Waals surface area contributed by atoms with Gasteiger partial charge in [-0.25, -0.2) is 4.98 Å². The number of furan rings is 1. The Morgan fingerprint density at radius 3 is 2.83 bits per heavy atom. The summed E-state index contributed by atoms with van der Waals surface area (Å²) in [4.78, 5) is 18.9. The van der Waals surface area contributed by atoms with Gasteiger partial charge in [-0.05, 0) is 56.1 Å². The van der Waals surface area contributed by atoms with Crippen LogP contribution in [0.4, 0.5) is 0 Å². The van der Waals surface area contributed by atoms with Crippen molar-refractivity contribution in [2.24, 2.45) is 5.92 Å². The smallest absolute Gasteiger partial charge is 0.287 e. The molecule has 3 aliphatic heterocycles. The summed E-state index contributed by atoms with van der Waals surface area (Å²) in [5.74, 6) is 1.31. The predicted molar refractivity (Wildman–Crippen MR) is 87.4 cm³/mol. The normalized spacial score (nSPS) is 26.2. The molecule has 5 heterocycles. The second kappa shape index (κ2) is 5.98. The maximum absolute atomic E-state index is 12.4. The zero-order chi connectivity index (χ0) is 15.8.